The van der Waals surface area contributed by atoms with Gasteiger partial charge in [0.2, 0.25) is 5.91 Å². The average molecular weight is 371 g/mol. The van der Waals surface area contributed by atoms with E-state index in [0.717, 1.165) is 64.5 Å². The summed E-state index contributed by atoms with van der Waals surface area (Å²) in [4.78, 5) is 14.6. The maximum absolute atomic E-state index is 12.1. The number of nitrogens with zero attached hydrogens (tertiary/aromatic N) is 1. The maximum atomic E-state index is 12.1. The lowest BCUT2D eigenvalue weighted by atomic mass is 9.74. The molecule has 0 bridgehead atoms. The minimum atomic E-state index is -0.583. The smallest absolute Gasteiger partial charge is 0.220 e. The fraction of sp³-hybridized carbons (Fsp3) is 0.696. The summed E-state index contributed by atoms with van der Waals surface area (Å²) >= 11 is 0. The summed E-state index contributed by atoms with van der Waals surface area (Å²) in [6, 6.07) is 11.1. The number of hydrogen-bond donors (Lipinski definition) is 2. The minimum absolute atomic E-state index is 0.135. The van der Waals surface area contributed by atoms with E-state index < -0.39 is 5.60 Å². The van der Waals surface area contributed by atoms with Crippen LogP contribution < -0.4 is 5.32 Å². The molecule has 2 heterocycles. The third-order valence-corrected chi connectivity index (χ3v) is 7.31. The summed E-state index contributed by atoms with van der Waals surface area (Å²) in [5.74, 6) is 0.777. The van der Waals surface area contributed by atoms with Crippen molar-refractivity contribution in [2.75, 3.05) is 13.1 Å². The zero-order chi connectivity index (χ0) is 18.9. The highest BCUT2D eigenvalue weighted by atomic mass is 16.3. The van der Waals surface area contributed by atoms with E-state index in [4.69, 9.17) is 0 Å². The molecule has 2 aliphatic heterocycles. The Hall–Kier alpha value is -1.39. The van der Waals surface area contributed by atoms with Gasteiger partial charge in [-0.1, -0.05) is 30.3 Å². The topological polar surface area (TPSA) is 52.6 Å². The summed E-state index contributed by atoms with van der Waals surface area (Å²) in [5, 5.41) is 14.7. The lowest BCUT2D eigenvalue weighted by Crippen LogP contribution is -2.64. The molecular formula is C23H34N2O2. The van der Waals surface area contributed by atoms with Gasteiger partial charge in [0, 0.05) is 19.0 Å². The predicted octanol–water partition coefficient (Wildman–Crippen LogP) is 3.60. The van der Waals surface area contributed by atoms with Crippen LogP contribution in [0.25, 0.3) is 0 Å². The van der Waals surface area contributed by atoms with Gasteiger partial charge >= 0.3 is 0 Å². The normalized spacial score (nSPS) is 37.9. The number of hydrogen-bond acceptors (Lipinski definition) is 3. The van der Waals surface area contributed by atoms with Gasteiger partial charge in [-0.3, -0.25) is 9.69 Å². The number of likely N-dealkylation sites (tertiary alicyclic amines) is 1. The van der Waals surface area contributed by atoms with Crippen molar-refractivity contribution in [3.8, 4) is 0 Å². The molecule has 0 radical (unpaired) electrons. The summed E-state index contributed by atoms with van der Waals surface area (Å²) in [6.07, 6.45) is 8.67. The number of nitrogens with one attached hydrogen (secondary N) is 1. The Morgan fingerprint density at radius 2 is 1.85 bits per heavy atom. The van der Waals surface area contributed by atoms with Crippen LogP contribution in [-0.2, 0) is 4.79 Å². The van der Waals surface area contributed by atoms with Gasteiger partial charge in [0.1, 0.15) is 0 Å². The zero-order valence-electron chi connectivity index (χ0n) is 16.6. The van der Waals surface area contributed by atoms with Crippen LogP contribution in [0, 0.1) is 0 Å². The van der Waals surface area contributed by atoms with Gasteiger partial charge in [0.15, 0.2) is 0 Å². The number of β-amino-alcohol motifs (C(OH)–C–C–N with tert-alkyl or cyclic N) is 1. The molecule has 27 heavy (non-hydrogen) atoms. The Labute approximate surface area is 163 Å². The van der Waals surface area contributed by atoms with Crippen LogP contribution >= 0.6 is 0 Å². The highest BCUT2D eigenvalue weighted by molar-refractivity contribution is 5.77. The van der Waals surface area contributed by atoms with Gasteiger partial charge < -0.3 is 10.4 Å². The second-order valence-electron chi connectivity index (χ2n) is 9.36. The SMILES string of the molecule is C[C@]12CCCN(CC3(O)CCC(c4ccccc4)CC3)[C@H]1CCCC(=O)N2. The quantitative estimate of drug-likeness (QED) is 0.855. The number of piperidine rings is 1. The lowest BCUT2D eigenvalue weighted by Gasteiger charge is -2.50. The number of carbonyl (C=O) groups excluding carboxylic acids is 1. The molecular weight excluding hydrogens is 336 g/mol. The van der Waals surface area contributed by atoms with E-state index in [1.54, 1.807) is 0 Å². The van der Waals surface area contributed by atoms with Crippen molar-refractivity contribution in [1.82, 2.24) is 10.2 Å². The molecule has 1 aromatic carbocycles. The molecule has 2 saturated heterocycles. The number of benzene rings is 1. The monoisotopic (exact) mass is 370 g/mol. The molecule has 4 nitrogen and oxygen atoms in total. The average Bonchev–Trinajstić information content (AvgIpc) is 2.80. The number of carbonyl (C=O) groups is 1. The van der Waals surface area contributed by atoms with Crippen LogP contribution in [-0.4, -0.2) is 46.2 Å². The lowest BCUT2D eigenvalue weighted by molar-refractivity contribution is -0.123. The third kappa shape index (κ3) is 4.07. The van der Waals surface area contributed by atoms with E-state index in [2.05, 4.69) is 47.5 Å². The molecule has 2 atom stereocenters. The number of rotatable bonds is 3. The van der Waals surface area contributed by atoms with Crippen molar-refractivity contribution >= 4 is 5.91 Å². The van der Waals surface area contributed by atoms with Crippen LogP contribution in [0.2, 0.25) is 0 Å². The van der Waals surface area contributed by atoms with Crippen LogP contribution in [0.5, 0.6) is 0 Å². The Morgan fingerprint density at radius 1 is 1.11 bits per heavy atom. The summed E-state index contributed by atoms with van der Waals surface area (Å²) in [6.45, 7) is 4.01. The third-order valence-electron chi connectivity index (χ3n) is 7.31. The van der Waals surface area contributed by atoms with Crippen molar-refractivity contribution in [1.29, 1.82) is 0 Å². The second-order valence-corrected chi connectivity index (χ2v) is 9.36. The molecule has 3 fully saturated rings. The highest BCUT2D eigenvalue weighted by Crippen LogP contribution is 2.40. The fourth-order valence-electron chi connectivity index (χ4n) is 5.80. The number of amides is 1. The van der Waals surface area contributed by atoms with E-state index in [9.17, 15) is 9.90 Å². The van der Waals surface area contributed by atoms with E-state index in [1.165, 1.54) is 5.56 Å². The first-order valence-electron chi connectivity index (χ1n) is 10.8. The van der Waals surface area contributed by atoms with Gasteiger partial charge in [-0.15, -0.1) is 0 Å². The Balaban J connectivity index is 1.41. The summed E-state index contributed by atoms with van der Waals surface area (Å²) in [7, 11) is 0. The number of aliphatic hydroxyl groups is 1. The van der Waals surface area contributed by atoms with E-state index >= 15 is 0 Å². The van der Waals surface area contributed by atoms with Crippen molar-refractivity contribution < 1.29 is 9.90 Å². The van der Waals surface area contributed by atoms with Crippen molar-refractivity contribution in [3.63, 3.8) is 0 Å². The minimum Gasteiger partial charge on any atom is -0.389 e. The zero-order valence-corrected chi connectivity index (χ0v) is 16.6. The molecule has 3 aliphatic rings. The summed E-state index contributed by atoms with van der Waals surface area (Å²) in [5.41, 5.74) is 0.695. The van der Waals surface area contributed by atoms with Gasteiger partial charge in [-0.05, 0) is 76.3 Å². The van der Waals surface area contributed by atoms with Crippen LogP contribution in [0.1, 0.15) is 76.2 Å². The second kappa shape index (κ2) is 7.56. The van der Waals surface area contributed by atoms with Crippen LogP contribution in [0.3, 0.4) is 0 Å². The van der Waals surface area contributed by atoms with Gasteiger partial charge in [0.05, 0.1) is 11.1 Å². The molecule has 148 valence electrons. The molecule has 0 aromatic heterocycles. The first kappa shape index (κ1) is 18.9. The maximum Gasteiger partial charge on any atom is 0.220 e. The standard InChI is InChI=1S/C23H34N2O2/c1-22-13-6-16-25(20(22)9-5-10-21(26)24-22)17-23(27)14-11-19(12-15-23)18-7-3-2-4-8-18/h2-4,7-8,19-20,27H,5-6,9-17H2,1H3,(H,24,26)/t19?,20-,22-,23?/m0/s1. The highest BCUT2D eigenvalue weighted by Gasteiger charge is 2.46. The van der Waals surface area contributed by atoms with Crippen LogP contribution in [0.15, 0.2) is 30.3 Å². The Kier molecular flexibility index (Phi) is 5.30. The fourth-order valence-corrected chi connectivity index (χ4v) is 5.80. The molecule has 4 rings (SSSR count). The predicted molar refractivity (Wildman–Crippen MR) is 108 cm³/mol. The first-order chi connectivity index (χ1) is 13.0. The molecule has 1 aromatic rings. The molecule has 4 heteroatoms. The van der Waals surface area contributed by atoms with Gasteiger partial charge in [-0.25, -0.2) is 0 Å². The number of fused-ring (bicyclic) bond motifs is 1. The van der Waals surface area contributed by atoms with Crippen LogP contribution in [0.4, 0.5) is 0 Å². The van der Waals surface area contributed by atoms with E-state index in [-0.39, 0.29) is 11.4 Å². The first-order valence-corrected chi connectivity index (χ1v) is 10.8. The van der Waals surface area contributed by atoms with Gasteiger partial charge in [0.25, 0.3) is 0 Å². The largest absolute Gasteiger partial charge is 0.389 e. The van der Waals surface area contributed by atoms with E-state index in [1.807, 2.05) is 0 Å². The van der Waals surface area contributed by atoms with Crippen molar-refractivity contribution in [3.05, 3.63) is 35.9 Å². The Bertz CT molecular complexity index is 654. The van der Waals surface area contributed by atoms with Crippen molar-refractivity contribution in [2.24, 2.45) is 0 Å². The van der Waals surface area contributed by atoms with Gasteiger partial charge in [-0.2, -0.15) is 0 Å². The van der Waals surface area contributed by atoms with Crippen molar-refractivity contribution in [2.45, 2.75) is 87.8 Å². The molecule has 0 unspecified atom stereocenters. The molecule has 2 N–H and O–H groups in total. The molecule has 1 aliphatic carbocycles. The molecule has 1 saturated carbocycles. The molecule has 0 spiro atoms. The Morgan fingerprint density at radius 3 is 2.59 bits per heavy atom. The molecule has 1 amide bonds. The van der Waals surface area contributed by atoms with E-state index in [0.29, 0.717) is 18.4 Å². The summed E-state index contributed by atoms with van der Waals surface area (Å²) < 4.78 is 0.